The highest BCUT2D eigenvalue weighted by Gasteiger charge is 2.34. The molecule has 28 heavy (non-hydrogen) atoms. The average Bonchev–Trinajstić information content (AvgIpc) is 2.68. The van der Waals surface area contributed by atoms with Gasteiger partial charge in [0, 0.05) is 41.7 Å². The molecule has 0 spiro atoms. The highest BCUT2D eigenvalue weighted by Crippen LogP contribution is 2.22. The fourth-order valence-corrected chi connectivity index (χ4v) is 3.18. The van der Waals surface area contributed by atoms with Crippen molar-refractivity contribution < 1.29 is 14.0 Å². The number of nitrogens with zero attached hydrogens (tertiary/aromatic N) is 2. The van der Waals surface area contributed by atoms with E-state index in [1.54, 1.807) is 35.5 Å². The number of nitrogens with one attached hydrogen (secondary N) is 1. The van der Waals surface area contributed by atoms with E-state index in [-0.39, 0.29) is 18.5 Å². The molecule has 2 heterocycles. The number of likely N-dealkylation sites (tertiary alicyclic amines) is 1. The molecule has 0 saturated carbocycles. The standard InChI is InChI=1S/C21H21FN4O2/c1-14-4-9-19(25-21(23)28)20(27)26(14)13-17-11-15(7-8-18(17)22)5-6-16-3-2-10-24-12-16/h2-3,7-8,10-12,14,19H,4,9,13H2,1H3,(H3,23,25,28)/t14-,19-/m1/s1. The summed E-state index contributed by atoms with van der Waals surface area (Å²) in [6, 6.07) is 6.73. The second-order valence-electron chi connectivity index (χ2n) is 6.75. The monoisotopic (exact) mass is 380 g/mol. The summed E-state index contributed by atoms with van der Waals surface area (Å²) in [7, 11) is 0. The first-order valence-corrected chi connectivity index (χ1v) is 9.01. The normalized spacial score (nSPS) is 18.9. The van der Waals surface area contributed by atoms with Crippen molar-refractivity contribution >= 4 is 11.9 Å². The Balaban J connectivity index is 1.80. The van der Waals surface area contributed by atoms with Gasteiger partial charge in [-0.3, -0.25) is 9.78 Å². The van der Waals surface area contributed by atoms with Gasteiger partial charge in [0.1, 0.15) is 11.9 Å². The number of hydrogen-bond donors (Lipinski definition) is 2. The van der Waals surface area contributed by atoms with Crippen molar-refractivity contribution in [3.8, 4) is 11.8 Å². The van der Waals surface area contributed by atoms with Crippen molar-refractivity contribution in [2.45, 2.75) is 38.4 Å². The minimum atomic E-state index is -0.744. The van der Waals surface area contributed by atoms with Gasteiger partial charge in [0.05, 0.1) is 0 Å². The molecule has 3 amide bonds. The highest BCUT2D eigenvalue weighted by molar-refractivity contribution is 5.87. The summed E-state index contributed by atoms with van der Waals surface area (Å²) in [5.74, 6) is 5.30. The number of piperidine rings is 1. The van der Waals surface area contributed by atoms with Crippen molar-refractivity contribution in [1.29, 1.82) is 0 Å². The number of amides is 3. The smallest absolute Gasteiger partial charge is 0.312 e. The fraction of sp³-hybridized carbons (Fsp3) is 0.286. The summed E-state index contributed by atoms with van der Waals surface area (Å²) in [6.07, 6.45) is 4.52. The molecule has 1 aromatic carbocycles. The molecule has 2 aromatic rings. The van der Waals surface area contributed by atoms with Crippen molar-refractivity contribution in [2.75, 3.05) is 0 Å². The average molecular weight is 380 g/mol. The van der Waals surface area contributed by atoms with Crippen LogP contribution in [0.3, 0.4) is 0 Å². The summed E-state index contributed by atoms with van der Waals surface area (Å²) < 4.78 is 14.4. The Morgan fingerprint density at radius 1 is 1.32 bits per heavy atom. The Morgan fingerprint density at radius 2 is 2.11 bits per heavy atom. The summed E-state index contributed by atoms with van der Waals surface area (Å²) in [5, 5.41) is 2.46. The van der Waals surface area contributed by atoms with Crippen LogP contribution in [0.15, 0.2) is 42.7 Å². The van der Waals surface area contributed by atoms with E-state index in [0.29, 0.717) is 24.0 Å². The van der Waals surface area contributed by atoms with Crippen LogP contribution in [-0.4, -0.2) is 33.9 Å². The molecule has 7 heteroatoms. The van der Waals surface area contributed by atoms with Crippen LogP contribution >= 0.6 is 0 Å². The third kappa shape index (κ3) is 4.65. The van der Waals surface area contributed by atoms with E-state index in [1.165, 1.54) is 6.07 Å². The maximum atomic E-state index is 14.4. The molecule has 1 aliphatic heterocycles. The van der Waals surface area contributed by atoms with Gasteiger partial charge in [-0.25, -0.2) is 9.18 Å². The van der Waals surface area contributed by atoms with Gasteiger partial charge in [-0.2, -0.15) is 0 Å². The van der Waals surface area contributed by atoms with Crippen LogP contribution in [0.4, 0.5) is 9.18 Å². The van der Waals surface area contributed by atoms with Gasteiger partial charge in [-0.1, -0.05) is 11.8 Å². The van der Waals surface area contributed by atoms with Crippen molar-refractivity contribution in [2.24, 2.45) is 5.73 Å². The van der Waals surface area contributed by atoms with Gasteiger partial charge < -0.3 is 16.0 Å². The number of primary amides is 1. The first-order chi connectivity index (χ1) is 13.4. The molecule has 1 aliphatic rings. The number of urea groups is 1. The zero-order chi connectivity index (χ0) is 20.1. The van der Waals surface area contributed by atoms with Gasteiger partial charge in [0.15, 0.2) is 0 Å². The molecular formula is C21H21FN4O2. The van der Waals surface area contributed by atoms with Crippen LogP contribution in [0.2, 0.25) is 0 Å². The topological polar surface area (TPSA) is 88.3 Å². The van der Waals surface area contributed by atoms with Crippen LogP contribution in [-0.2, 0) is 11.3 Å². The molecule has 6 nitrogen and oxygen atoms in total. The predicted molar refractivity (Wildman–Crippen MR) is 102 cm³/mol. The van der Waals surface area contributed by atoms with Gasteiger partial charge in [0.25, 0.3) is 0 Å². The molecular weight excluding hydrogens is 359 g/mol. The maximum absolute atomic E-state index is 14.4. The van der Waals surface area contributed by atoms with E-state index in [1.807, 2.05) is 13.0 Å². The lowest BCUT2D eigenvalue weighted by atomic mass is 9.97. The lowest BCUT2D eigenvalue weighted by Crippen LogP contribution is -2.55. The highest BCUT2D eigenvalue weighted by atomic mass is 19.1. The Hall–Kier alpha value is -3.40. The van der Waals surface area contributed by atoms with Gasteiger partial charge >= 0.3 is 6.03 Å². The third-order valence-electron chi connectivity index (χ3n) is 4.70. The van der Waals surface area contributed by atoms with Crippen LogP contribution in [0.1, 0.15) is 36.5 Å². The number of pyridine rings is 1. The maximum Gasteiger partial charge on any atom is 0.312 e. The van der Waals surface area contributed by atoms with E-state index in [4.69, 9.17) is 5.73 Å². The number of nitrogens with two attached hydrogens (primary N) is 1. The third-order valence-corrected chi connectivity index (χ3v) is 4.70. The SMILES string of the molecule is C[C@@H]1CC[C@@H](NC(N)=O)C(=O)N1Cc1cc(C#Cc2cccnc2)ccc1F. The Labute approximate surface area is 162 Å². The summed E-state index contributed by atoms with van der Waals surface area (Å²) in [6.45, 7) is 2.01. The first kappa shape index (κ1) is 19.4. The molecule has 3 rings (SSSR count). The predicted octanol–water partition coefficient (Wildman–Crippen LogP) is 2.17. The zero-order valence-corrected chi connectivity index (χ0v) is 15.5. The zero-order valence-electron chi connectivity index (χ0n) is 15.5. The fourth-order valence-electron chi connectivity index (χ4n) is 3.18. The number of rotatable bonds is 3. The van der Waals surface area contributed by atoms with Crippen molar-refractivity contribution in [1.82, 2.24) is 15.2 Å². The molecule has 1 aromatic heterocycles. The molecule has 2 atom stereocenters. The first-order valence-electron chi connectivity index (χ1n) is 9.01. The number of halogens is 1. The number of carbonyl (C=O) groups is 2. The van der Waals surface area contributed by atoms with Gasteiger partial charge in [-0.15, -0.1) is 0 Å². The lowest BCUT2D eigenvalue weighted by Gasteiger charge is -2.37. The molecule has 0 aliphatic carbocycles. The molecule has 0 unspecified atom stereocenters. The van der Waals surface area contributed by atoms with Crippen LogP contribution in [0.5, 0.6) is 0 Å². The molecule has 144 valence electrons. The second kappa shape index (κ2) is 8.53. The molecule has 0 bridgehead atoms. The van der Waals surface area contributed by atoms with E-state index in [2.05, 4.69) is 22.1 Å². The Morgan fingerprint density at radius 3 is 2.82 bits per heavy atom. The molecule has 1 saturated heterocycles. The molecule has 0 radical (unpaired) electrons. The van der Waals surface area contributed by atoms with Crippen molar-refractivity contribution in [3.05, 3.63) is 65.2 Å². The summed E-state index contributed by atoms with van der Waals surface area (Å²) in [4.78, 5) is 29.4. The van der Waals surface area contributed by atoms with Crippen molar-refractivity contribution in [3.63, 3.8) is 0 Å². The van der Waals surface area contributed by atoms with E-state index >= 15 is 0 Å². The number of benzene rings is 1. The second-order valence-corrected chi connectivity index (χ2v) is 6.75. The minimum Gasteiger partial charge on any atom is -0.352 e. The van der Waals surface area contributed by atoms with E-state index < -0.39 is 17.9 Å². The number of carbonyl (C=O) groups excluding carboxylic acids is 2. The van der Waals surface area contributed by atoms with Crippen LogP contribution in [0.25, 0.3) is 0 Å². The summed E-state index contributed by atoms with van der Waals surface area (Å²) >= 11 is 0. The van der Waals surface area contributed by atoms with Crippen LogP contribution in [0, 0.1) is 17.7 Å². The van der Waals surface area contributed by atoms with Gasteiger partial charge in [-0.05, 0) is 50.1 Å². The Kier molecular flexibility index (Phi) is 5.90. The number of hydrogen-bond acceptors (Lipinski definition) is 3. The van der Waals surface area contributed by atoms with E-state index in [0.717, 1.165) is 5.56 Å². The Bertz CT molecular complexity index is 936. The van der Waals surface area contributed by atoms with Gasteiger partial charge in [0.2, 0.25) is 5.91 Å². The largest absolute Gasteiger partial charge is 0.352 e. The number of aromatic nitrogens is 1. The summed E-state index contributed by atoms with van der Waals surface area (Å²) in [5.41, 5.74) is 6.92. The van der Waals surface area contributed by atoms with E-state index in [9.17, 15) is 14.0 Å². The van der Waals surface area contributed by atoms with Crippen LogP contribution < -0.4 is 11.1 Å². The quantitative estimate of drug-likeness (QED) is 0.800. The lowest BCUT2D eigenvalue weighted by molar-refractivity contribution is -0.139. The molecule has 1 fully saturated rings. The minimum absolute atomic E-state index is 0.0667. The molecule has 3 N–H and O–H groups in total.